The van der Waals surface area contributed by atoms with Crippen LogP contribution in [0.3, 0.4) is 0 Å². The molecule has 5 nitrogen and oxygen atoms in total. The summed E-state index contributed by atoms with van der Waals surface area (Å²) in [5.74, 6) is -1.88. The minimum absolute atomic E-state index is 0.350. The largest absolute Gasteiger partial charge is 0.336 e. The highest BCUT2D eigenvalue weighted by Crippen LogP contribution is 2.32. The zero-order chi connectivity index (χ0) is 19.8. The highest BCUT2D eigenvalue weighted by atomic mass is 35.5. The van der Waals surface area contributed by atoms with Crippen molar-refractivity contribution in [1.29, 1.82) is 0 Å². The molecule has 0 fully saturated rings. The molecule has 0 saturated carbocycles. The minimum Gasteiger partial charge on any atom is -0.336 e. The Hall–Kier alpha value is -2.29. The van der Waals surface area contributed by atoms with Crippen LogP contribution in [0.5, 0.6) is 0 Å². The zero-order valence-corrected chi connectivity index (χ0v) is 16.0. The fourth-order valence-corrected chi connectivity index (χ4v) is 4.19. The van der Waals surface area contributed by atoms with Gasteiger partial charge in [-0.2, -0.15) is 4.31 Å². The van der Waals surface area contributed by atoms with Crippen LogP contribution in [0.15, 0.2) is 59.8 Å². The summed E-state index contributed by atoms with van der Waals surface area (Å²) >= 11 is 5.94. The predicted octanol–water partition coefficient (Wildman–Crippen LogP) is 3.76. The number of nitrogens with zero attached hydrogens (tertiary/aromatic N) is 3. The van der Waals surface area contributed by atoms with Crippen molar-refractivity contribution in [3.05, 3.63) is 82.9 Å². The Bertz CT molecular complexity index is 1070. The number of rotatable bonds is 5. The SMILES string of the molecule is CN([C@H](c1ccc(Cl)cc1)c1nccn1C)S(=O)(=O)c1ccc(F)c(F)c1. The van der Waals surface area contributed by atoms with Gasteiger partial charge in [0.05, 0.1) is 4.90 Å². The van der Waals surface area contributed by atoms with Crippen molar-refractivity contribution in [2.75, 3.05) is 7.05 Å². The first-order chi connectivity index (χ1) is 12.7. The van der Waals surface area contributed by atoms with Gasteiger partial charge in [0.2, 0.25) is 10.0 Å². The molecule has 9 heteroatoms. The van der Waals surface area contributed by atoms with E-state index in [1.807, 2.05) is 0 Å². The summed E-state index contributed by atoms with van der Waals surface area (Å²) in [7, 11) is -1.03. The molecule has 2 aromatic carbocycles. The molecule has 1 heterocycles. The van der Waals surface area contributed by atoms with E-state index in [0.717, 1.165) is 16.4 Å². The average molecular weight is 412 g/mol. The Labute approximate surface area is 160 Å². The van der Waals surface area contributed by atoms with E-state index in [4.69, 9.17) is 11.6 Å². The number of halogens is 3. The molecule has 27 heavy (non-hydrogen) atoms. The number of hydrogen-bond acceptors (Lipinski definition) is 3. The molecule has 0 radical (unpaired) electrons. The van der Waals surface area contributed by atoms with Gasteiger partial charge in [-0.25, -0.2) is 22.2 Å². The fraction of sp³-hybridized carbons (Fsp3) is 0.167. The van der Waals surface area contributed by atoms with Gasteiger partial charge in [0, 0.05) is 31.5 Å². The van der Waals surface area contributed by atoms with Crippen molar-refractivity contribution in [3.8, 4) is 0 Å². The topological polar surface area (TPSA) is 55.2 Å². The van der Waals surface area contributed by atoms with E-state index in [-0.39, 0.29) is 4.90 Å². The van der Waals surface area contributed by atoms with Crippen LogP contribution in [0.25, 0.3) is 0 Å². The van der Waals surface area contributed by atoms with Gasteiger partial charge in [0.15, 0.2) is 11.6 Å². The standard InChI is InChI=1S/C18H16ClF2N3O2S/c1-23-10-9-22-18(23)17(12-3-5-13(19)6-4-12)24(2)27(25,26)14-7-8-15(20)16(21)11-14/h3-11,17H,1-2H3/t17-/m1/s1. The maximum absolute atomic E-state index is 13.6. The molecule has 0 spiro atoms. The number of aromatic nitrogens is 2. The van der Waals surface area contributed by atoms with Gasteiger partial charge in [-0.05, 0) is 35.9 Å². The Kier molecular flexibility index (Phi) is 5.32. The predicted molar refractivity (Wildman–Crippen MR) is 97.8 cm³/mol. The second-order valence-corrected chi connectivity index (χ2v) is 8.38. The minimum atomic E-state index is -4.14. The molecule has 0 saturated heterocycles. The number of benzene rings is 2. The van der Waals surface area contributed by atoms with Crippen molar-refractivity contribution in [2.45, 2.75) is 10.9 Å². The highest BCUT2D eigenvalue weighted by Gasteiger charge is 2.33. The number of aryl methyl sites for hydroxylation is 1. The molecule has 0 N–H and O–H groups in total. The first kappa shape index (κ1) is 19.5. The molecule has 0 aliphatic rings. The van der Waals surface area contributed by atoms with Crippen LogP contribution in [0, 0.1) is 11.6 Å². The second kappa shape index (κ2) is 7.38. The van der Waals surface area contributed by atoms with Gasteiger partial charge in [-0.15, -0.1) is 0 Å². The molecular formula is C18H16ClF2N3O2S. The second-order valence-electron chi connectivity index (χ2n) is 5.95. The van der Waals surface area contributed by atoms with Crippen LogP contribution in [0.4, 0.5) is 8.78 Å². The van der Waals surface area contributed by atoms with Crippen molar-refractivity contribution >= 4 is 21.6 Å². The maximum atomic E-state index is 13.6. The van der Waals surface area contributed by atoms with Crippen LogP contribution < -0.4 is 0 Å². The molecular weight excluding hydrogens is 396 g/mol. The van der Waals surface area contributed by atoms with E-state index in [1.54, 1.807) is 48.3 Å². The fourth-order valence-electron chi connectivity index (χ4n) is 2.75. The van der Waals surface area contributed by atoms with Crippen molar-refractivity contribution in [1.82, 2.24) is 13.9 Å². The Balaban J connectivity index is 2.12. The average Bonchev–Trinajstić information content (AvgIpc) is 3.04. The third kappa shape index (κ3) is 3.73. The van der Waals surface area contributed by atoms with Gasteiger partial charge in [-0.1, -0.05) is 23.7 Å². The van der Waals surface area contributed by atoms with Gasteiger partial charge in [-0.3, -0.25) is 0 Å². The summed E-state index contributed by atoms with van der Waals surface area (Å²) in [6, 6.07) is 8.36. The maximum Gasteiger partial charge on any atom is 0.243 e. The summed E-state index contributed by atoms with van der Waals surface area (Å²) in [5.41, 5.74) is 0.627. The summed E-state index contributed by atoms with van der Waals surface area (Å²) in [6.45, 7) is 0. The zero-order valence-electron chi connectivity index (χ0n) is 14.5. The van der Waals surface area contributed by atoms with E-state index >= 15 is 0 Å². The highest BCUT2D eigenvalue weighted by molar-refractivity contribution is 7.89. The summed E-state index contributed by atoms with van der Waals surface area (Å²) in [6.07, 6.45) is 3.24. The summed E-state index contributed by atoms with van der Waals surface area (Å²) in [5, 5.41) is 0.503. The first-order valence-corrected chi connectivity index (χ1v) is 9.69. The molecule has 1 atom stereocenters. The molecule has 1 aromatic heterocycles. The van der Waals surface area contributed by atoms with E-state index in [1.165, 1.54) is 7.05 Å². The molecule has 3 aromatic rings. The van der Waals surface area contributed by atoms with Gasteiger partial charge in [0.1, 0.15) is 11.9 Å². The number of hydrogen-bond donors (Lipinski definition) is 0. The van der Waals surface area contributed by atoms with Crippen LogP contribution in [0.2, 0.25) is 5.02 Å². The summed E-state index contributed by atoms with van der Waals surface area (Å²) < 4.78 is 55.7. The monoisotopic (exact) mass is 411 g/mol. The lowest BCUT2D eigenvalue weighted by atomic mass is 10.1. The molecule has 3 rings (SSSR count). The van der Waals surface area contributed by atoms with Crippen molar-refractivity contribution < 1.29 is 17.2 Å². The van der Waals surface area contributed by atoms with E-state index in [9.17, 15) is 17.2 Å². The van der Waals surface area contributed by atoms with E-state index in [2.05, 4.69) is 4.98 Å². The third-order valence-corrected chi connectivity index (χ3v) is 6.29. The molecule has 0 aliphatic carbocycles. The van der Waals surface area contributed by atoms with Gasteiger partial charge >= 0.3 is 0 Å². The molecule has 0 amide bonds. The number of sulfonamides is 1. The summed E-state index contributed by atoms with van der Waals surface area (Å²) in [4.78, 5) is 3.91. The third-order valence-electron chi connectivity index (χ3n) is 4.22. The Morgan fingerprint density at radius 2 is 1.78 bits per heavy atom. The van der Waals surface area contributed by atoms with E-state index in [0.29, 0.717) is 22.5 Å². The Morgan fingerprint density at radius 1 is 1.11 bits per heavy atom. The van der Waals surface area contributed by atoms with Crippen molar-refractivity contribution in [2.24, 2.45) is 7.05 Å². The smallest absolute Gasteiger partial charge is 0.243 e. The van der Waals surface area contributed by atoms with Crippen LogP contribution in [0.1, 0.15) is 17.4 Å². The van der Waals surface area contributed by atoms with Gasteiger partial charge < -0.3 is 4.57 Å². The normalized spacial score (nSPS) is 13.1. The van der Waals surface area contributed by atoms with Crippen LogP contribution in [-0.4, -0.2) is 29.3 Å². The molecule has 0 unspecified atom stereocenters. The lowest BCUT2D eigenvalue weighted by molar-refractivity contribution is 0.398. The molecule has 0 bridgehead atoms. The molecule has 0 aliphatic heterocycles. The first-order valence-electron chi connectivity index (χ1n) is 7.87. The lowest BCUT2D eigenvalue weighted by Crippen LogP contribution is -2.33. The van der Waals surface area contributed by atoms with Crippen LogP contribution >= 0.6 is 11.6 Å². The van der Waals surface area contributed by atoms with Gasteiger partial charge in [0.25, 0.3) is 0 Å². The quantitative estimate of drug-likeness (QED) is 0.642. The van der Waals surface area contributed by atoms with E-state index < -0.39 is 27.7 Å². The van der Waals surface area contributed by atoms with Crippen molar-refractivity contribution in [3.63, 3.8) is 0 Å². The Morgan fingerprint density at radius 3 is 2.33 bits per heavy atom. The lowest BCUT2D eigenvalue weighted by Gasteiger charge is -2.27. The molecule has 142 valence electrons. The number of imidazole rings is 1. The van der Waals surface area contributed by atoms with Crippen LogP contribution in [-0.2, 0) is 17.1 Å².